The van der Waals surface area contributed by atoms with Crippen LogP contribution in [0.25, 0.3) is 0 Å². The zero-order chi connectivity index (χ0) is 15.4. The van der Waals surface area contributed by atoms with E-state index < -0.39 is 0 Å². The second-order valence-electron chi connectivity index (χ2n) is 6.46. The number of hydrogen-bond donors (Lipinski definition) is 2. The molecule has 21 heavy (non-hydrogen) atoms. The number of amides is 1. The minimum Gasteiger partial charge on any atom is -0.327 e. The molecule has 0 radical (unpaired) electrons. The van der Waals surface area contributed by atoms with Crippen LogP contribution in [0.3, 0.4) is 0 Å². The van der Waals surface area contributed by atoms with Gasteiger partial charge in [-0.2, -0.15) is 0 Å². The maximum Gasteiger partial charge on any atom is 0.238 e. The van der Waals surface area contributed by atoms with Gasteiger partial charge in [-0.25, -0.2) is 0 Å². The van der Waals surface area contributed by atoms with Crippen molar-refractivity contribution in [1.29, 1.82) is 0 Å². The summed E-state index contributed by atoms with van der Waals surface area (Å²) in [4.78, 5) is 14.5. The largest absolute Gasteiger partial charge is 0.327 e. The van der Waals surface area contributed by atoms with Gasteiger partial charge in [-0.05, 0) is 29.9 Å². The summed E-state index contributed by atoms with van der Waals surface area (Å²) >= 11 is 0. The first kappa shape index (κ1) is 16.0. The number of nitrogens with one attached hydrogen (secondary N) is 1. The van der Waals surface area contributed by atoms with E-state index >= 15 is 0 Å². The summed E-state index contributed by atoms with van der Waals surface area (Å²) in [6.45, 7) is 8.69. The molecule has 1 aliphatic heterocycles. The molecule has 4 heteroatoms. The SMILES string of the molecule is CC(C)c1ccccc1NC(=O)CN1CCC(N)C(C)C1. The number of carbonyl (C=O) groups is 1. The number of anilines is 1. The number of hydrogen-bond acceptors (Lipinski definition) is 3. The molecular formula is C17H27N3O. The third kappa shape index (κ3) is 4.29. The monoisotopic (exact) mass is 289 g/mol. The van der Waals surface area contributed by atoms with E-state index in [1.165, 1.54) is 5.56 Å². The zero-order valence-electron chi connectivity index (χ0n) is 13.3. The van der Waals surface area contributed by atoms with E-state index in [9.17, 15) is 4.79 Å². The topological polar surface area (TPSA) is 58.4 Å². The van der Waals surface area contributed by atoms with Crippen LogP contribution in [0.4, 0.5) is 5.69 Å². The number of rotatable bonds is 4. The van der Waals surface area contributed by atoms with Crippen LogP contribution in [-0.4, -0.2) is 36.5 Å². The fourth-order valence-corrected chi connectivity index (χ4v) is 2.90. The molecule has 2 unspecified atom stereocenters. The number of para-hydroxylation sites is 1. The summed E-state index contributed by atoms with van der Waals surface area (Å²) < 4.78 is 0. The molecule has 1 aromatic carbocycles. The van der Waals surface area contributed by atoms with Crippen molar-refractivity contribution in [2.45, 2.75) is 39.2 Å². The predicted molar refractivity (Wildman–Crippen MR) is 87.4 cm³/mol. The van der Waals surface area contributed by atoms with Crippen molar-refractivity contribution in [2.24, 2.45) is 11.7 Å². The van der Waals surface area contributed by atoms with Gasteiger partial charge in [-0.3, -0.25) is 9.69 Å². The molecule has 1 amide bonds. The van der Waals surface area contributed by atoms with Gasteiger partial charge in [0.15, 0.2) is 0 Å². The maximum atomic E-state index is 12.3. The highest BCUT2D eigenvalue weighted by Gasteiger charge is 2.24. The highest BCUT2D eigenvalue weighted by molar-refractivity contribution is 5.93. The summed E-state index contributed by atoms with van der Waals surface area (Å²) in [6, 6.07) is 8.29. The molecule has 1 aromatic rings. The van der Waals surface area contributed by atoms with Gasteiger partial charge in [-0.1, -0.05) is 39.0 Å². The minimum absolute atomic E-state index is 0.0609. The molecule has 1 saturated heterocycles. The van der Waals surface area contributed by atoms with Gasteiger partial charge >= 0.3 is 0 Å². The maximum absolute atomic E-state index is 12.3. The lowest BCUT2D eigenvalue weighted by atomic mass is 9.95. The van der Waals surface area contributed by atoms with Gasteiger partial charge in [0.25, 0.3) is 0 Å². The van der Waals surface area contributed by atoms with Crippen LogP contribution in [0, 0.1) is 5.92 Å². The van der Waals surface area contributed by atoms with Crippen LogP contribution >= 0.6 is 0 Å². The number of piperidine rings is 1. The van der Waals surface area contributed by atoms with E-state index in [1.807, 2.05) is 18.2 Å². The number of benzene rings is 1. The van der Waals surface area contributed by atoms with Crippen molar-refractivity contribution in [3.05, 3.63) is 29.8 Å². The van der Waals surface area contributed by atoms with Crippen LogP contribution in [0.5, 0.6) is 0 Å². The van der Waals surface area contributed by atoms with E-state index in [1.54, 1.807) is 0 Å². The summed E-state index contributed by atoms with van der Waals surface area (Å²) in [5.74, 6) is 0.912. The van der Waals surface area contributed by atoms with Crippen molar-refractivity contribution in [3.8, 4) is 0 Å². The van der Waals surface area contributed by atoms with E-state index in [4.69, 9.17) is 5.73 Å². The molecule has 3 N–H and O–H groups in total. The molecule has 0 spiro atoms. The highest BCUT2D eigenvalue weighted by Crippen LogP contribution is 2.23. The van der Waals surface area contributed by atoms with E-state index in [0.717, 1.165) is 25.2 Å². The molecule has 0 aromatic heterocycles. The molecule has 4 nitrogen and oxygen atoms in total. The fraction of sp³-hybridized carbons (Fsp3) is 0.588. The molecule has 2 rings (SSSR count). The lowest BCUT2D eigenvalue weighted by Crippen LogP contribution is -2.48. The predicted octanol–water partition coefficient (Wildman–Crippen LogP) is 2.42. The second-order valence-corrected chi connectivity index (χ2v) is 6.46. The Morgan fingerprint density at radius 2 is 2.14 bits per heavy atom. The Labute approximate surface area is 127 Å². The summed E-state index contributed by atoms with van der Waals surface area (Å²) in [6.07, 6.45) is 0.969. The Morgan fingerprint density at radius 3 is 2.81 bits per heavy atom. The molecule has 2 atom stereocenters. The van der Waals surface area contributed by atoms with Gasteiger partial charge in [0.05, 0.1) is 6.54 Å². The summed E-state index contributed by atoms with van der Waals surface area (Å²) in [5.41, 5.74) is 8.13. The molecular weight excluding hydrogens is 262 g/mol. The Kier molecular flexibility index (Phi) is 5.37. The molecule has 0 saturated carbocycles. The summed E-state index contributed by atoms with van der Waals surface area (Å²) in [7, 11) is 0. The van der Waals surface area contributed by atoms with Crippen LogP contribution in [0.15, 0.2) is 24.3 Å². The fourth-order valence-electron chi connectivity index (χ4n) is 2.90. The average Bonchev–Trinajstić information content (AvgIpc) is 2.43. The van der Waals surface area contributed by atoms with Gasteiger partial charge in [0, 0.05) is 24.8 Å². The van der Waals surface area contributed by atoms with E-state index in [-0.39, 0.29) is 11.9 Å². The first-order chi connectivity index (χ1) is 9.97. The molecule has 116 valence electrons. The molecule has 0 aliphatic carbocycles. The Morgan fingerprint density at radius 1 is 1.43 bits per heavy atom. The van der Waals surface area contributed by atoms with E-state index in [2.05, 4.69) is 37.1 Å². The number of nitrogens with two attached hydrogens (primary N) is 1. The van der Waals surface area contributed by atoms with Gasteiger partial charge in [-0.15, -0.1) is 0 Å². The smallest absolute Gasteiger partial charge is 0.238 e. The van der Waals surface area contributed by atoms with Crippen molar-refractivity contribution in [3.63, 3.8) is 0 Å². The second kappa shape index (κ2) is 7.05. The van der Waals surface area contributed by atoms with Gasteiger partial charge in [0.1, 0.15) is 0 Å². The van der Waals surface area contributed by atoms with Gasteiger partial charge in [0.2, 0.25) is 5.91 Å². The third-order valence-electron chi connectivity index (χ3n) is 4.28. The minimum atomic E-state index is 0.0609. The molecule has 1 aliphatic rings. The van der Waals surface area contributed by atoms with Crippen molar-refractivity contribution >= 4 is 11.6 Å². The summed E-state index contributed by atoms with van der Waals surface area (Å²) in [5, 5.41) is 3.05. The lowest BCUT2D eigenvalue weighted by Gasteiger charge is -2.34. The first-order valence-electron chi connectivity index (χ1n) is 7.84. The normalized spacial score (nSPS) is 23.3. The van der Waals surface area contributed by atoms with Crippen LogP contribution < -0.4 is 11.1 Å². The molecule has 0 bridgehead atoms. The van der Waals surface area contributed by atoms with Crippen LogP contribution in [0.2, 0.25) is 0 Å². The van der Waals surface area contributed by atoms with E-state index in [0.29, 0.717) is 18.4 Å². The van der Waals surface area contributed by atoms with Crippen molar-refractivity contribution in [2.75, 3.05) is 25.0 Å². The lowest BCUT2D eigenvalue weighted by molar-refractivity contribution is -0.117. The standard InChI is InChI=1S/C17H27N3O/c1-12(2)14-6-4-5-7-16(14)19-17(21)11-20-9-8-15(18)13(3)10-20/h4-7,12-13,15H,8-11,18H2,1-3H3,(H,19,21). The van der Waals surface area contributed by atoms with Crippen molar-refractivity contribution < 1.29 is 4.79 Å². The number of likely N-dealkylation sites (tertiary alicyclic amines) is 1. The highest BCUT2D eigenvalue weighted by atomic mass is 16.2. The third-order valence-corrected chi connectivity index (χ3v) is 4.28. The van der Waals surface area contributed by atoms with Crippen molar-refractivity contribution in [1.82, 2.24) is 4.90 Å². The zero-order valence-corrected chi connectivity index (χ0v) is 13.3. The van der Waals surface area contributed by atoms with Gasteiger partial charge < -0.3 is 11.1 Å². The molecule has 1 fully saturated rings. The van der Waals surface area contributed by atoms with Crippen LogP contribution in [0.1, 0.15) is 38.7 Å². The Balaban J connectivity index is 1.93. The first-order valence-corrected chi connectivity index (χ1v) is 7.84. The molecule has 1 heterocycles. The number of carbonyl (C=O) groups excluding carboxylic acids is 1. The average molecular weight is 289 g/mol. The van der Waals surface area contributed by atoms with Crippen LogP contribution in [-0.2, 0) is 4.79 Å². The Bertz CT molecular complexity index is 487. The number of nitrogens with zero attached hydrogens (tertiary/aromatic N) is 1. The Hall–Kier alpha value is -1.39. The quantitative estimate of drug-likeness (QED) is 0.895.